The minimum Gasteiger partial charge on any atom is -0.497 e. The first-order valence-electron chi connectivity index (χ1n) is 11.1. The van der Waals surface area contributed by atoms with Crippen molar-refractivity contribution in [3.05, 3.63) is 65.2 Å². The fourth-order valence-electron chi connectivity index (χ4n) is 5.19. The van der Waals surface area contributed by atoms with Crippen molar-refractivity contribution in [2.45, 2.75) is 57.5 Å². The molecule has 0 radical (unpaired) electrons. The highest BCUT2D eigenvalue weighted by Crippen LogP contribution is 2.46. The number of benzene rings is 2. The summed E-state index contributed by atoms with van der Waals surface area (Å²) >= 11 is 0. The Kier molecular flexibility index (Phi) is 6.57. The average molecular weight is 389 g/mol. The number of hydrogen-bond donors (Lipinski definition) is 0. The van der Waals surface area contributed by atoms with Crippen molar-refractivity contribution in [3.63, 3.8) is 0 Å². The van der Waals surface area contributed by atoms with Gasteiger partial charge in [-0.15, -0.1) is 0 Å². The minimum absolute atomic E-state index is 0.515. The molecule has 0 amide bonds. The van der Waals surface area contributed by atoms with Crippen LogP contribution in [0, 0.1) is 23.7 Å². The van der Waals surface area contributed by atoms with Crippen molar-refractivity contribution in [3.8, 4) is 17.6 Å². The van der Waals surface area contributed by atoms with Crippen LogP contribution < -0.4 is 4.74 Å². The summed E-state index contributed by atoms with van der Waals surface area (Å²) in [5, 5.41) is 0. The summed E-state index contributed by atoms with van der Waals surface area (Å²) in [5.74, 6) is 9.87. The molecule has 152 valence electrons. The molecule has 4 unspecified atom stereocenters. The Balaban J connectivity index is 1.36. The van der Waals surface area contributed by atoms with Gasteiger partial charge >= 0.3 is 0 Å². The molecule has 0 N–H and O–H groups in total. The summed E-state index contributed by atoms with van der Waals surface area (Å²) < 4.78 is 11.1. The van der Waals surface area contributed by atoms with Crippen LogP contribution in [0.25, 0.3) is 0 Å². The zero-order chi connectivity index (χ0) is 20.1. The quantitative estimate of drug-likeness (QED) is 0.582. The summed E-state index contributed by atoms with van der Waals surface area (Å²) in [6.07, 6.45) is 8.42. The maximum Gasteiger partial charge on any atom is 0.118 e. The maximum atomic E-state index is 5.90. The molecule has 2 aliphatic rings. The van der Waals surface area contributed by atoms with E-state index < -0.39 is 0 Å². The first-order valence-corrected chi connectivity index (χ1v) is 11.1. The molecule has 4 atom stereocenters. The zero-order valence-electron chi connectivity index (χ0n) is 17.7. The van der Waals surface area contributed by atoms with Crippen LogP contribution in [0.2, 0.25) is 0 Å². The molecule has 2 saturated carbocycles. The third kappa shape index (κ3) is 5.03. The smallest absolute Gasteiger partial charge is 0.118 e. The van der Waals surface area contributed by atoms with Gasteiger partial charge in [-0.25, -0.2) is 0 Å². The number of ether oxygens (including phenoxy) is 2. The van der Waals surface area contributed by atoms with Gasteiger partial charge in [0.15, 0.2) is 0 Å². The summed E-state index contributed by atoms with van der Waals surface area (Å²) in [4.78, 5) is 0. The van der Waals surface area contributed by atoms with Gasteiger partial charge in [0.1, 0.15) is 5.75 Å². The Morgan fingerprint density at radius 3 is 2.07 bits per heavy atom. The van der Waals surface area contributed by atoms with Crippen LogP contribution in [-0.4, -0.2) is 19.8 Å². The van der Waals surface area contributed by atoms with Crippen molar-refractivity contribution < 1.29 is 9.47 Å². The minimum atomic E-state index is 0.515. The molecular weight excluding hydrogens is 356 g/mol. The molecule has 0 bridgehead atoms. The summed E-state index contributed by atoms with van der Waals surface area (Å²) in [5.41, 5.74) is 3.58. The highest BCUT2D eigenvalue weighted by molar-refractivity contribution is 5.45. The topological polar surface area (TPSA) is 18.5 Å². The van der Waals surface area contributed by atoms with Gasteiger partial charge in [-0.05, 0) is 105 Å². The van der Waals surface area contributed by atoms with Gasteiger partial charge in [0.25, 0.3) is 0 Å². The lowest BCUT2D eigenvalue weighted by molar-refractivity contribution is -0.00955. The molecule has 2 aromatic rings. The van der Waals surface area contributed by atoms with Crippen LogP contribution in [-0.2, 0) is 4.74 Å². The van der Waals surface area contributed by atoms with Crippen molar-refractivity contribution in [2.24, 2.45) is 11.8 Å². The standard InChI is InChI=1S/C27H32O2/c1-3-29-27-17-14-24-18-23(12-13-25(24)19-27)22-10-6-20(7-11-22)4-5-21-8-15-26(28-2)16-9-21/h6-11,15-16,23-25,27H,3,12-14,17-19H2,1-2H3. The van der Waals surface area contributed by atoms with Gasteiger partial charge in [0.2, 0.25) is 0 Å². The van der Waals surface area contributed by atoms with E-state index in [0.717, 1.165) is 35.3 Å². The zero-order valence-corrected chi connectivity index (χ0v) is 17.7. The first kappa shape index (κ1) is 20.0. The van der Waals surface area contributed by atoms with Gasteiger partial charge in [-0.3, -0.25) is 0 Å². The van der Waals surface area contributed by atoms with Gasteiger partial charge < -0.3 is 9.47 Å². The Hall–Kier alpha value is -2.24. The Labute approximate surface area is 175 Å². The number of hydrogen-bond acceptors (Lipinski definition) is 2. The van der Waals surface area contributed by atoms with Crippen LogP contribution in [0.3, 0.4) is 0 Å². The summed E-state index contributed by atoms with van der Waals surface area (Å²) in [7, 11) is 1.68. The second kappa shape index (κ2) is 9.51. The summed E-state index contributed by atoms with van der Waals surface area (Å²) in [6, 6.07) is 16.9. The van der Waals surface area contributed by atoms with Gasteiger partial charge in [-0.2, -0.15) is 0 Å². The Bertz CT molecular complexity index is 841. The van der Waals surface area contributed by atoms with Crippen molar-refractivity contribution >= 4 is 0 Å². The third-order valence-corrected chi connectivity index (χ3v) is 6.79. The molecule has 29 heavy (non-hydrogen) atoms. The van der Waals surface area contributed by atoms with Crippen LogP contribution in [0.15, 0.2) is 48.5 Å². The molecule has 0 heterocycles. The van der Waals surface area contributed by atoms with Gasteiger partial charge in [0, 0.05) is 17.7 Å². The van der Waals surface area contributed by atoms with E-state index >= 15 is 0 Å². The molecule has 0 saturated heterocycles. The van der Waals surface area contributed by atoms with E-state index in [0.29, 0.717) is 12.0 Å². The van der Waals surface area contributed by atoms with Crippen molar-refractivity contribution in [1.29, 1.82) is 0 Å². The van der Waals surface area contributed by atoms with E-state index in [1.807, 2.05) is 24.3 Å². The molecule has 4 rings (SSSR count). The van der Waals surface area contributed by atoms with E-state index in [9.17, 15) is 0 Å². The van der Waals surface area contributed by atoms with Crippen molar-refractivity contribution in [1.82, 2.24) is 0 Å². The van der Waals surface area contributed by atoms with Crippen LogP contribution in [0.4, 0.5) is 0 Å². The second-order valence-electron chi connectivity index (χ2n) is 8.52. The van der Waals surface area contributed by atoms with Gasteiger partial charge in [0.05, 0.1) is 13.2 Å². The van der Waals surface area contributed by atoms with Crippen molar-refractivity contribution in [2.75, 3.05) is 13.7 Å². The molecule has 0 aromatic heterocycles. The number of fused-ring (bicyclic) bond motifs is 1. The number of rotatable bonds is 4. The fourth-order valence-corrected chi connectivity index (χ4v) is 5.19. The molecule has 2 aromatic carbocycles. The average Bonchev–Trinajstić information content (AvgIpc) is 2.78. The first-order chi connectivity index (χ1) is 14.2. The highest BCUT2D eigenvalue weighted by atomic mass is 16.5. The molecule has 2 fully saturated rings. The normalized spacial score (nSPS) is 26.1. The molecular formula is C27H32O2. The Morgan fingerprint density at radius 1 is 0.793 bits per heavy atom. The van der Waals surface area contributed by atoms with Crippen LogP contribution >= 0.6 is 0 Å². The third-order valence-electron chi connectivity index (χ3n) is 6.79. The van der Waals surface area contributed by atoms with E-state index in [4.69, 9.17) is 9.47 Å². The summed E-state index contributed by atoms with van der Waals surface area (Å²) in [6.45, 7) is 2.98. The monoisotopic (exact) mass is 388 g/mol. The largest absolute Gasteiger partial charge is 0.497 e. The lowest BCUT2D eigenvalue weighted by Crippen LogP contribution is -2.33. The molecule has 2 heteroatoms. The maximum absolute atomic E-state index is 5.90. The van der Waals surface area contributed by atoms with E-state index in [-0.39, 0.29) is 0 Å². The molecule has 0 aliphatic heterocycles. The second-order valence-corrected chi connectivity index (χ2v) is 8.52. The van der Waals surface area contributed by atoms with E-state index in [2.05, 4.69) is 43.0 Å². The number of methoxy groups -OCH3 is 1. The van der Waals surface area contributed by atoms with Gasteiger partial charge in [-0.1, -0.05) is 24.0 Å². The van der Waals surface area contributed by atoms with Crippen LogP contribution in [0.1, 0.15) is 68.1 Å². The molecule has 2 nitrogen and oxygen atoms in total. The molecule has 0 spiro atoms. The van der Waals surface area contributed by atoms with E-state index in [1.165, 1.54) is 44.1 Å². The SMILES string of the molecule is CCOC1CCC2CC(c3ccc(C#Cc4ccc(OC)cc4)cc3)CCC2C1. The molecule has 2 aliphatic carbocycles. The lowest BCUT2D eigenvalue weighted by Gasteiger charge is -2.42. The Morgan fingerprint density at radius 2 is 1.41 bits per heavy atom. The lowest BCUT2D eigenvalue weighted by atomic mass is 9.65. The highest BCUT2D eigenvalue weighted by Gasteiger charge is 2.36. The fraction of sp³-hybridized carbons (Fsp3) is 0.481. The predicted molar refractivity (Wildman–Crippen MR) is 118 cm³/mol. The predicted octanol–water partition coefficient (Wildman–Crippen LogP) is 6.18. The van der Waals surface area contributed by atoms with E-state index in [1.54, 1.807) is 7.11 Å². The van der Waals surface area contributed by atoms with Crippen LogP contribution in [0.5, 0.6) is 5.75 Å².